The molecule has 0 bridgehead atoms. The van der Waals surface area contributed by atoms with Gasteiger partial charge in [0.05, 0.1) is 5.56 Å². The molecule has 2 aromatic heterocycles. The number of nitrogens with one attached hydrogen (secondary N) is 1. The molecule has 0 radical (unpaired) electrons. The maximum atomic E-state index is 12.9. The molecule has 140 valence electrons. The van der Waals surface area contributed by atoms with E-state index in [1.54, 1.807) is 6.20 Å². The van der Waals surface area contributed by atoms with E-state index in [0.717, 1.165) is 55.8 Å². The average molecular weight is 362 g/mol. The monoisotopic (exact) mass is 362 g/mol. The standard InChI is InChI=1S/C22H26N4O/c1-2-12-25-15-10-17-16-18(8-9-20(17)25)24-22(27)19-7-6-11-23-21(19)26-13-4-3-5-14-26/h6-11,15-16H,2-5,12-14H2,1H3,(H,24,27). The number of nitrogens with zero attached hydrogens (tertiary/aromatic N) is 3. The topological polar surface area (TPSA) is 50.2 Å². The Labute approximate surface area is 160 Å². The third-order valence-electron chi connectivity index (χ3n) is 5.18. The van der Waals surface area contributed by atoms with Crippen LogP contribution < -0.4 is 10.2 Å². The molecule has 0 unspecified atom stereocenters. The molecule has 3 heterocycles. The van der Waals surface area contributed by atoms with E-state index in [4.69, 9.17) is 0 Å². The molecular formula is C22H26N4O. The molecule has 0 saturated carbocycles. The third kappa shape index (κ3) is 3.68. The summed E-state index contributed by atoms with van der Waals surface area (Å²) in [7, 11) is 0. The SMILES string of the molecule is CCCn1ccc2cc(NC(=O)c3cccnc3N3CCCCC3)ccc21. The van der Waals surface area contributed by atoms with Crippen LogP contribution in [0.15, 0.2) is 48.8 Å². The number of amides is 1. The van der Waals surface area contributed by atoms with Gasteiger partial charge in [-0.05, 0) is 62.1 Å². The fourth-order valence-corrected chi connectivity index (χ4v) is 3.84. The zero-order valence-corrected chi connectivity index (χ0v) is 15.8. The van der Waals surface area contributed by atoms with Crippen LogP contribution in [0.5, 0.6) is 0 Å². The highest BCUT2D eigenvalue weighted by Gasteiger charge is 2.19. The van der Waals surface area contributed by atoms with Crippen molar-refractivity contribution in [2.45, 2.75) is 39.2 Å². The highest BCUT2D eigenvalue weighted by atomic mass is 16.1. The summed E-state index contributed by atoms with van der Waals surface area (Å²) >= 11 is 0. The van der Waals surface area contributed by atoms with Gasteiger partial charge in [-0.1, -0.05) is 6.92 Å². The lowest BCUT2D eigenvalue weighted by atomic mass is 10.1. The van der Waals surface area contributed by atoms with Crippen molar-refractivity contribution in [3.8, 4) is 0 Å². The highest BCUT2D eigenvalue weighted by Crippen LogP contribution is 2.24. The smallest absolute Gasteiger partial charge is 0.259 e. The van der Waals surface area contributed by atoms with Gasteiger partial charge in [0.25, 0.3) is 5.91 Å². The number of carbonyl (C=O) groups excluding carboxylic acids is 1. The van der Waals surface area contributed by atoms with Crippen LogP contribution in [-0.4, -0.2) is 28.5 Å². The molecule has 1 aromatic carbocycles. The van der Waals surface area contributed by atoms with Crippen LogP contribution in [0.3, 0.4) is 0 Å². The zero-order chi connectivity index (χ0) is 18.6. The maximum absolute atomic E-state index is 12.9. The molecule has 1 amide bonds. The normalized spacial score (nSPS) is 14.5. The van der Waals surface area contributed by atoms with E-state index in [9.17, 15) is 4.79 Å². The Bertz CT molecular complexity index is 940. The molecule has 5 heteroatoms. The van der Waals surface area contributed by atoms with Gasteiger partial charge in [-0.2, -0.15) is 0 Å². The summed E-state index contributed by atoms with van der Waals surface area (Å²) in [5.41, 5.74) is 2.66. The molecule has 1 aliphatic heterocycles. The van der Waals surface area contributed by atoms with Crippen LogP contribution in [0.25, 0.3) is 10.9 Å². The van der Waals surface area contributed by atoms with Crippen molar-refractivity contribution in [2.75, 3.05) is 23.3 Å². The molecule has 0 aliphatic carbocycles. The van der Waals surface area contributed by atoms with Crippen molar-refractivity contribution >= 4 is 28.3 Å². The van der Waals surface area contributed by atoms with Crippen LogP contribution in [0.1, 0.15) is 43.0 Å². The minimum Gasteiger partial charge on any atom is -0.356 e. The highest BCUT2D eigenvalue weighted by molar-refractivity contribution is 6.08. The van der Waals surface area contributed by atoms with Gasteiger partial charge in [0, 0.05) is 48.6 Å². The molecular weight excluding hydrogens is 336 g/mol. The first-order valence-corrected chi connectivity index (χ1v) is 9.86. The number of fused-ring (bicyclic) bond motifs is 1. The van der Waals surface area contributed by atoms with Gasteiger partial charge < -0.3 is 14.8 Å². The van der Waals surface area contributed by atoms with Gasteiger partial charge in [0.2, 0.25) is 0 Å². The number of hydrogen-bond acceptors (Lipinski definition) is 3. The van der Waals surface area contributed by atoms with Crippen molar-refractivity contribution in [3.05, 3.63) is 54.4 Å². The quantitative estimate of drug-likeness (QED) is 0.716. The Morgan fingerprint density at radius 3 is 2.81 bits per heavy atom. The summed E-state index contributed by atoms with van der Waals surface area (Å²) < 4.78 is 2.25. The van der Waals surface area contributed by atoms with E-state index >= 15 is 0 Å². The van der Waals surface area contributed by atoms with Crippen LogP contribution >= 0.6 is 0 Å². The maximum Gasteiger partial charge on any atom is 0.259 e. The molecule has 3 aromatic rings. The minimum atomic E-state index is -0.101. The lowest BCUT2D eigenvalue weighted by Crippen LogP contribution is -2.32. The average Bonchev–Trinajstić information content (AvgIpc) is 3.11. The summed E-state index contributed by atoms with van der Waals surface area (Å²) in [6.45, 7) is 5.11. The number of rotatable bonds is 5. The molecule has 1 aliphatic rings. The first-order chi connectivity index (χ1) is 13.3. The fourth-order valence-electron chi connectivity index (χ4n) is 3.84. The number of anilines is 2. The predicted octanol–water partition coefficient (Wildman–Crippen LogP) is 4.69. The van der Waals surface area contributed by atoms with Crippen LogP contribution in [0.2, 0.25) is 0 Å². The van der Waals surface area contributed by atoms with Crippen LogP contribution in [0.4, 0.5) is 11.5 Å². The van der Waals surface area contributed by atoms with Gasteiger partial charge in [-0.3, -0.25) is 4.79 Å². The van der Waals surface area contributed by atoms with E-state index in [1.807, 2.05) is 24.3 Å². The number of hydrogen-bond donors (Lipinski definition) is 1. The lowest BCUT2D eigenvalue weighted by Gasteiger charge is -2.29. The summed E-state index contributed by atoms with van der Waals surface area (Å²) in [6.07, 6.45) is 8.54. The number of aromatic nitrogens is 2. The summed E-state index contributed by atoms with van der Waals surface area (Å²) in [4.78, 5) is 19.7. The number of piperidine rings is 1. The fraction of sp³-hybridized carbons (Fsp3) is 0.364. The van der Waals surface area contributed by atoms with Gasteiger partial charge in [0.1, 0.15) is 5.82 Å². The molecule has 0 atom stereocenters. The van der Waals surface area contributed by atoms with E-state index in [2.05, 4.69) is 45.0 Å². The number of pyridine rings is 1. The zero-order valence-electron chi connectivity index (χ0n) is 15.8. The van der Waals surface area contributed by atoms with E-state index in [-0.39, 0.29) is 5.91 Å². The van der Waals surface area contributed by atoms with Crippen molar-refractivity contribution < 1.29 is 4.79 Å². The van der Waals surface area contributed by atoms with Crippen molar-refractivity contribution in [1.82, 2.24) is 9.55 Å². The minimum absolute atomic E-state index is 0.101. The lowest BCUT2D eigenvalue weighted by molar-refractivity contribution is 0.102. The Morgan fingerprint density at radius 1 is 1.15 bits per heavy atom. The van der Waals surface area contributed by atoms with Gasteiger partial charge in [-0.15, -0.1) is 0 Å². The predicted molar refractivity (Wildman–Crippen MR) is 110 cm³/mol. The van der Waals surface area contributed by atoms with E-state index in [0.29, 0.717) is 5.56 Å². The Kier molecular flexibility index (Phi) is 5.10. The molecule has 1 N–H and O–H groups in total. The summed E-state index contributed by atoms with van der Waals surface area (Å²) in [5.74, 6) is 0.695. The Morgan fingerprint density at radius 2 is 2.00 bits per heavy atom. The number of benzene rings is 1. The second kappa shape index (κ2) is 7.82. The van der Waals surface area contributed by atoms with Gasteiger partial charge in [-0.25, -0.2) is 4.98 Å². The van der Waals surface area contributed by atoms with Crippen LogP contribution in [-0.2, 0) is 6.54 Å². The van der Waals surface area contributed by atoms with Crippen molar-refractivity contribution in [2.24, 2.45) is 0 Å². The largest absolute Gasteiger partial charge is 0.356 e. The first kappa shape index (κ1) is 17.6. The van der Waals surface area contributed by atoms with E-state index in [1.165, 1.54) is 11.9 Å². The Balaban J connectivity index is 1.56. The summed E-state index contributed by atoms with van der Waals surface area (Å²) in [5, 5.41) is 4.20. The summed E-state index contributed by atoms with van der Waals surface area (Å²) in [6, 6.07) is 11.9. The van der Waals surface area contributed by atoms with Crippen LogP contribution in [0, 0.1) is 0 Å². The van der Waals surface area contributed by atoms with Crippen molar-refractivity contribution in [1.29, 1.82) is 0 Å². The number of carbonyl (C=O) groups is 1. The Hall–Kier alpha value is -2.82. The molecule has 1 fully saturated rings. The van der Waals surface area contributed by atoms with Crippen molar-refractivity contribution in [3.63, 3.8) is 0 Å². The molecule has 1 saturated heterocycles. The molecule has 27 heavy (non-hydrogen) atoms. The molecule has 0 spiro atoms. The first-order valence-electron chi connectivity index (χ1n) is 9.86. The van der Waals surface area contributed by atoms with Gasteiger partial charge in [0.15, 0.2) is 0 Å². The second-order valence-electron chi connectivity index (χ2n) is 7.16. The molecule has 4 rings (SSSR count). The van der Waals surface area contributed by atoms with Gasteiger partial charge >= 0.3 is 0 Å². The van der Waals surface area contributed by atoms with E-state index < -0.39 is 0 Å². The third-order valence-corrected chi connectivity index (χ3v) is 5.18. The second-order valence-corrected chi connectivity index (χ2v) is 7.16. The molecule has 5 nitrogen and oxygen atoms in total. The number of aryl methyl sites for hydroxylation is 1.